The molecule has 1 aromatic rings. The van der Waals surface area contributed by atoms with Gasteiger partial charge in [-0.05, 0) is 46.8 Å². The maximum atomic E-state index is 12.5. The van der Waals surface area contributed by atoms with Gasteiger partial charge in [-0.2, -0.15) is 0 Å². The maximum Gasteiger partial charge on any atom is 0.163 e. The second kappa shape index (κ2) is 6.84. The molecule has 1 N–H and O–H groups in total. The van der Waals surface area contributed by atoms with Crippen LogP contribution in [0.15, 0.2) is 24.4 Å². The summed E-state index contributed by atoms with van der Waals surface area (Å²) in [5.41, 5.74) is 0.944. The zero-order chi connectivity index (χ0) is 16.4. The normalized spacial score (nSPS) is 24.2. The van der Waals surface area contributed by atoms with Gasteiger partial charge in [0, 0.05) is 29.7 Å². The average molecular weight is 326 g/mol. The summed E-state index contributed by atoms with van der Waals surface area (Å²) >= 11 is -1.18. The minimum atomic E-state index is -1.18. The van der Waals surface area contributed by atoms with Crippen LogP contribution in [0.1, 0.15) is 40.3 Å². The van der Waals surface area contributed by atoms with E-state index in [9.17, 15) is 4.55 Å². The molecule has 1 saturated heterocycles. The molecule has 2 heterocycles. The molecule has 1 unspecified atom stereocenters. The summed E-state index contributed by atoms with van der Waals surface area (Å²) in [7, 11) is 0. The van der Waals surface area contributed by atoms with Gasteiger partial charge in [0.05, 0.1) is 12.6 Å². The van der Waals surface area contributed by atoms with Crippen LogP contribution < -0.4 is 4.72 Å². The van der Waals surface area contributed by atoms with Crippen molar-refractivity contribution in [1.82, 2.24) is 9.71 Å². The molecule has 1 aliphatic heterocycles. The van der Waals surface area contributed by atoms with Crippen LogP contribution in [0.5, 0.6) is 0 Å². The van der Waals surface area contributed by atoms with Gasteiger partial charge < -0.3 is 14.0 Å². The Balaban J connectivity index is 2.10. The molecule has 22 heavy (non-hydrogen) atoms. The Kier molecular flexibility index (Phi) is 5.50. The summed E-state index contributed by atoms with van der Waals surface area (Å²) in [5.74, 6) is -0.599. The van der Waals surface area contributed by atoms with Crippen molar-refractivity contribution in [3.05, 3.63) is 30.1 Å². The number of aromatic nitrogens is 1. The molecule has 5 nitrogen and oxygen atoms in total. The molecule has 0 saturated carbocycles. The van der Waals surface area contributed by atoms with Crippen molar-refractivity contribution in [1.29, 1.82) is 0 Å². The second-order valence-electron chi connectivity index (χ2n) is 7.00. The molecule has 0 aliphatic carbocycles. The van der Waals surface area contributed by atoms with Gasteiger partial charge in [0.15, 0.2) is 5.79 Å². The first-order valence-corrected chi connectivity index (χ1v) is 8.72. The van der Waals surface area contributed by atoms with Gasteiger partial charge >= 0.3 is 0 Å². The van der Waals surface area contributed by atoms with Crippen molar-refractivity contribution in [3.8, 4) is 0 Å². The standard InChI is InChI=1S/C16H26N2O3S/c1-15(2,3)22(19)18-13(10-12-8-6-7-9-17-12)14-11-20-16(4,5)21-14/h6-9,13-14,18H,10-11H2,1-5H3/t13?,14-,22+/m1/s1. The van der Waals surface area contributed by atoms with Crippen LogP contribution in [0.3, 0.4) is 0 Å². The van der Waals surface area contributed by atoms with Crippen molar-refractivity contribution in [2.75, 3.05) is 6.61 Å². The van der Waals surface area contributed by atoms with Crippen molar-refractivity contribution in [2.45, 2.75) is 63.7 Å². The predicted molar refractivity (Wildman–Crippen MR) is 87.7 cm³/mol. The lowest BCUT2D eigenvalue weighted by molar-refractivity contribution is -0.141. The van der Waals surface area contributed by atoms with E-state index in [-0.39, 0.29) is 16.9 Å². The molecule has 1 fully saturated rings. The third kappa shape index (κ3) is 4.93. The second-order valence-corrected chi connectivity index (χ2v) is 9.00. The van der Waals surface area contributed by atoms with Crippen molar-refractivity contribution >= 4 is 11.4 Å². The van der Waals surface area contributed by atoms with Crippen molar-refractivity contribution in [2.24, 2.45) is 0 Å². The average Bonchev–Trinajstić information content (AvgIpc) is 2.78. The number of pyridine rings is 1. The topological polar surface area (TPSA) is 66.4 Å². The van der Waals surface area contributed by atoms with Gasteiger partial charge in [0.2, 0.25) is 0 Å². The van der Waals surface area contributed by atoms with E-state index in [4.69, 9.17) is 9.47 Å². The molecule has 1 aliphatic rings. The highest BCUT2D eigenvalue weighted by Crippen LogP contribution is 2.26. The van der Waals surface area contributed by atoms with E-state index in [0.717, 1.165) is 5.69 Å². The molecule has 0 amide bonds. The van der Waals surface area contributed by atoms with Crippen LogP contribution in [0.2, 0.25) is 0 Å². The minimum Gasteiger partial charge on any atom is -0.598 e. The third-order valence-corrected chi connectivity index (χ3v) is 5.08. The molecule has 2 rings (SSSR count). The van der Waals surface area contributed by atoms with Gasteiger partial charge in [0.1, 0.15) is 10.9 Å². The van der Waals surface area contributed by atoms with Crippen molar-refractivity contribution < 1.29 is 14.0 Å². The monoisotopic (exact) mass is 326 g/mol. The van der Waals surface area contributed by atoms with E-state index >= 15 is 0 Å². The number of nitrogens with zero attached hydrogens (tertiary/aromatic N) is 1. The maximum absolute atomic E-state index is 12.5. The predicted octanol–water partition coefficient (Wildman–Crippen LogP) is 2.20. The zero-order valence-corrected chi connectivity index (χ0v) is 14.8. The van der Waals surface area contributed by atoms with Crippen LogP contribution in [0, 0.1) is 0 Å². The Hall–Kier alpha value is -0.660. The Morgan fingerprint density at radius 1 is 1.45 bits per heavy atom. The van der Waals surface area contributed by atoms with Gasteiger partial charge in [-0.25, -0.2) is 0 Å². The first-order chi connectivity index (χ1) is 10.2. The molecule has 1 aromatic heterocycles. The lowest BCUT2D eigenvalue weighted by atomic mass is 10.1. The number of rotatable bonds is 5. The summed E-state index contributed by atoms with van der Waals surface area (Å²) in [6.45, 7) is 10.1. The summed E-state index contributed by atoms with van der Waals surface area (Å²) in [6, 6.07) is 5.69. The molecule has 124 valence electrons. The lowest BCUT2D eigenvalue weighted by Crippen LogP contribution is -2.51. The zero-order valence-electron chi connectivity index (χ0n) is 14.0. The molecule has 0 aromatic carbocycles. The number of nitrogens with one attached hydrogen (secondary N) is 1. The Morgan fingerprint density at radius 3 is 2.68 bits per heavy atom. The third-order valence-electron chi connectivity index (χ3n) is 3.45. The van der Waals surface area contributed by atoms with E-state index in [0.29, 0.717) is 13.0 Å². The smallest absolute Gasteiger partial charge is 0.163 e. The van der Waals surface area contributed by atoms with Gasteiger partial charge in [-0.15, -0.1) is 4.72 Å². The first kappa shape index (κ1) is 17.7. The highest BCUT2D eigenvalue weighted by Gasteiger charge is 2.40. The summed E-state index contributed by atoms with van der Waals surface area (Å²) < 4.78 is 26.9. The number of ether oxygens (including phenoxy) is 2. The fourth-order valence-corrected chi connectivity index (χ4v) is 3.08. The van der Waals surface area contributed by atoms with Crippen LogP contribution in [0.25, 0.3) is 0 Å². The molecule has 0 bridgehead atoms. The van der Waals surface area contributed by atoms with E-state index in [1.165, 1.54) is 0 Å². The molecule has 6 heteroatoms. The highest BCUT2D eigenvalue weighted by molar-refractivity contribution is 7.90. The minimum absolute atomic E-state index is 0.114. The largest absolute Gasteiger partial charge is 0.598 e. The van der Waals surface area contributed by atoms with E-state index in [1.54, 1.807) is 6.20 Å². The van der Waals surface area contributed by atoms with Gasteiger partial charge in [-0.3, -0.25) is 4.98 Å². The Labute approximate surface area is 136 Å². The molecular weight excluding hydrogens is 300 g/mol. The molecule has 0 spiro atoms. The Morgan fingerprint density at radius 2 is 2.18 bits per heavy atom. The highest BCUT2D eigenvalue weighted by atomic mass is 32.2. The molecule has 3 atom stereocenters. The van der Waals surface area contributed by atoms with Crippen LogP contribution in [-0.4, -0.2) is 38.8 Å². The van der Waals surface area contributed by atoms with Crippen LogP contribution >= 0.6 is 0 Å². The quantitative estimate of drug-likeness (QED) is 0.840. The molecular formula is C16H26N2O3S. The molecule has 0 radical (unpaired) electrons. The fourth-order valence-electron chi connectivity index (χ4n) is 2.22. The summed E-state index contributed by atoms with van der Waals surface area (Å²) in [5, 5.41) is 0. The first-order valence-electron chi connectivity index (χ1n) is 7.57. The van der Waals surface area contributed by atoms with E-state index < -0.39 is 17.1 Å². The number of hydrogen-bond acceptors (Lipinski definition) is 5. The van der Waals surface area contributed by atoms with E-state index in [1.807, 2.05) is 52.8 Å². The van der Waals surface area contributed by atoms with Gasteiger partial charge in [0.25, 0.3) is 0 Å². The fraction of sp³-hybridized carbons (Fsp3) is 0.688. The Bertz CT molecular complexity index is 476. The van der Waals surface area contributed by atoms with Crippen molar-refractivity contribution in [3.63, 3.8) is 0 Å². The van der Waals surface area contributed by atoms with Gasteiger partial charge in [-0.1, -0.05) is 6.07 Å². The van der Waals surface area contributed by atoms with E-state index in [2.05, 4.69) is 9.71 Å². The van der Waals surface area contributed by atoms with Crippen LogP contribution in [-0.2, 0) is 27.3 Å². The SMILES string of the molecule is CC1(C)OC[C@H](C(Cc2ccccn2)N[S@@+]([O-])C(C)(C)C)O1. The summed E-state index contributed by atoms with van der Waals surface area (Å²) in [4.78, 5) is 4.36. The van der Waals surface area contributed by atoms with Crippen LogP contribution in [0.4, 0.5) is 0 Å². The summed E-state index contributed by atoms with van der Waals surface area (Å²) in [6.07, 6.45) is 2.26. The number of hydrogen-bond donors (Lipinski definition) is 1. The lowest BCUT2D eigenvalue weighted by Gasteiger charge is -2.30.